The minimum Gasteiger partial charge on any atom is -0.478 e. The minimum atomic E-state index is -5.08. The number of nitrogens with one attached hydrogen (secondary N) is 1. The van der Waals surface area contributed by atoms with Crippen molar-refractivity contribution in [2.24, 2.45) is 11.8 Å². The topological polar surface area (TPSA) is 234 Å². The van der Waals surface area contributed by atoms with Crippen molar-refractivity contribution >= 4 is 47.6 Å². The van der Waals surface area contributed by atoms with E-state index in [4.69, 9.17) is 18.9 Å². The van der Waals surface area contributed by atoms with Crippen LogP contribution in [0.5, 0.6) is 11.5 Å². The van der Waals surface area contributed by atoms with Gasteiger partial charge >= 0.3 is 42.6 Å². The molecular weight excluding hydrogens is 1110 g/mol. The quantitative estimate of drug-likeness (QED) is 0.0415. The number of likely N-dealkylation sites (N-methyl/N-ethyl adjacent to an activating group) is 4. The van der Waals surface area contributed by atoms with Crippen LogP contribution < -0.4 is 14.8 Å². The molecule has 2 aromatic carbocycles. The highest BCUT2D eigenvalue weighted by atomic mass is 19.4. The fourth-order valence-corrected chi connectivity index (χ4v) is 8.20. The number of hydrogen-bond donors (Lipinski definition) is 2. The third-order valence-electron chi connectivity index (χ3n) is 12.5. The van der Waals surface area contributed by atoms with E-state index in [0.29, 0.717) is 11.3 Å². The van der Waals surface area contributed by atoms with Gasteiger partial charge in [0, 0.05) is 40.4 Å². The molecule has 0 fully saturated rings. The normalized spacial score (nSPS) is 15.1. The first-order valence-electron chi connectivity index (χ1n) is 26.1. The molecule has 0 saturated heterocycles. The van der Waals surface area contributed by atoms with E-state index in [-0.39, 0.29) is 29.9 Å². The van der Waals surface area contributed by atoms with Crippen molar-refractivity contribution in [3.8, 4) is 11.5 Å². The van der Waals surface area contributed by atoms with Crippen molar-refractivity contribution in [1.82, 2.24) is 20.0 Å². The maximum absolute atomic E-state index is 15.3. The van der Waals surface area contributed by atoms with Gasteiger partial charge in [-0.15, -0.1) is 26.3 Å². The summed E-state index contributed by atoms with van der Waals surface area (Å²) in [5, 5.41) is 12.8. The summed E-state index contributed by atoms with van der Waals surface area (Å²) in [6.07, 6.45) is -20.0. The molecule has 0 bridgehead atoms. The second-order valence-electron chi connectivity index (χ2n) is 21.8. The van der Waals surface area contributed by atoms with Gasteiger partial charge in [-0.2, -0.15) is 0 Å². The number of alkyl halides is 8. The number of nitrogens with zero attached hydrogens (tertiary/aromatic N) is 3. The van der Waals surface area contributed by atoms with Gasteiger partial charge in [-0.3, -0.25) is 19.2 Å². The summed E-state index contributed by atoms with van der Waals surface area (Å²) in [5.74, 6) is -11.3. The zero-order valence-electron chi connectivity index (χ0n) is 48.4. The zero-order chi connectivity index (χ0) is 63.0. The van der Waals surface area contributed by atoms with Crippen LogP contribution in [0.15, 0.2) is 48.5 Å². The minimum absolute atomic E-state index is 0.0452. The maximum Gasteiger partial charge on any atom is 0.573 e. The Morgan fingerprint density at radius 2 is 0.890 bits per heavy atom. The third-order valence-corrected chi connectivity index (χ3v) is 12.5. The standard InChI is InChI=1S/C55H76F8N4O15/c1-30(2)25-38(64-11)48(73)77-32(5)44(68)65(12)39(23-24-52(7,8)56)49(74)79-42(27-34-15-19-36(20-16-34)81-54(58,59)60)46(70)66(13)40(26-31(3)4)50(75)78-33(6)45(69)67(14)41(29-53(9,10)57)51(76)80-43(47(71)72)28-35-17-21-37(22-18-35)82-55(61,62)63/h15-22,30-33,38-43,64H,23-29H2,1-14H3,(H,71,72)/t32-,33-,38-,39-,40-,41-,42-,43-/m0/s1. The Morgan fingerprint density at radius 1 is 0.512 bits per heavy atom. The first-order valence-corrected chi connectivity index (χ1v) is 26.1. The van der Waals surface area contributed by atoms with E-state index in [9.17, 15) is 69.8 Å². The summed E-state index contributed by atoms with van der Waals surface area (Å²) in [4.78, 5) is 113. The Balaban J connectivity index is 2.57. The average molecular weight is 1190 g/mol. The number of hydrogen-bond acceptors (Lipinski definition) is 15. The van der Waals surface area contributed by atoms with E-state index in [1.165, 1.54) is 27.8 Å². The Bertz CT molecular complexity index is 2460. The third kappa shape index (κ3) is 24.7. The van der Waals surface area contributed by atoms with Crippen LogP contribution in [0.1, 0.15) is 112 Å². The fourth-order valence-electron chi connectivity index (χ4n) is 8.20. The number of benzene rings is 2. The number of halogens is 8. The molecule has 19 nitrogen and oxygen atoms in total. The molecule has 0 radical (unpaired) electrons. The van der Waals surface area contributed by atoms with Gasteiger partial charge < -0.3 is 53.5 Å². The van der Waals surface area contributed by atoms with Crippen LogP contribution in [0.25, 0.3) is 0 Å². The predicted octanol–water partition coefficient (Wildman–Crippen LogP) is 7.87. The number of aliphatic carboxylic acids is 1. The molecule has 8 atom stereocenters. The monoisotopic (exact) mass is 1180 g/mol. The van der Waals surface area contributed by atoms with Gasteiger partial charge in [0.1, 0.15) is 47.0 Å². The van der Waals surface area contributed by atoms with E-state index in [1.54, 1.807) is 13.8 Å². The van der Waals surface area contributed by atoms with Crippen LogP contribution >= 0.6 is 0 Å². The van der Waals surface area contributed by atoms with Crippen molar-refractivity contribution in [1.29, 1.82) is 0 Å². The van der Waals surface area contributed by atoms with Gasteiger partial charge in [0.15, 0.2) is 18.3 Å². The Hall–Kier alpha value is -6.80. The number of esters is 4. The van der Waals surface area contributed by atoms with Crippen LogP contribution in [0.2, 0.25) is 0 Å². The van der Waals surface area contributed by atoms with Gasteiger partial charge in [-0.25, -0.2) is 28.0 Å². The van der Waals surface area contributed by atoms with Gasteiger partial charge in [-0.05, 0) is 122 Å². The molecule has 0 aromatic heterocycles. The zero-order valence-corrected chi connectivity index (χ0v) is 48.4. The number of amides is 3. The van der Waals surface area contributed by atoms with Crippen molar-refractivity contribution in [2.45, 2.75) is 187 Å². The SMILES string of the molecule is CN[C@@H](CC(C)C)C(=O)O[C@@H](C)C(=O)N(C)[C@@H](CCC(C)(C)F)C(=O)O[C@@H](Cc1ccc(OC(F)(F)F)cc1)C(=O)N(C)[C@@H](CC(C)C)C(=O)O[C@@H](C)C(=O)N(C)[C@@H](CC(C)(C)F)C(=O)O[C@@H](Cc1ccc(OC(F)(F)F)cc1)C(=O)O. The Labute approximate surface area is 471 Å². The van der Waals surface area contributed by atoms with Crippen LogP contribution in [-0.2, 0) is 70.1 Å². The molecule has 0 aliphatic carbocycles. The predicted molar refractivity (Wildman–Crippen MR) is 278 cm³/mol. The van der Waals surface area contributed by atoms with Gasteiger partial charge in [0.2, 0.25) is 6.10 Å². The molecule has 0 heterocycles. The lowest BCUT2D eigenvalue weighted by Gasteiger charge is -2.34. The first-order chi connectivity index (χ1) is 37.5. The number of carbonyl (C=O) groups excluding carboxylic acids is 7. The van der Waals surface area contributed by atoms with E-state index in [2.05, 4.69) is 14.8 Å². The lowest BCUT2D eigenvalue weighted by atomic mass is 9.99. The number of carboxylic acids is 1. The van der Waals surface area contributed by atoms with E-state index in [0.717, 1.165) is 100 Å². The molecule has 0 aliphatic rings. The molecule has 462 valence electrons. The lowest BCUT2D eigenvalue weighted by molar-refractivity contribution is -0.275. The van der Waals surface area contributed by atoms with Crippen molar-refractivity contribution in [3.05, 3.63) is 59.7 Å². The molecule has 2 rings (SSSR count). The highest BCUT2D eigenvalue weighted by Crippen LogP contribution is 2.28. The van der Waals surface area contributed by atoms with Crippen LogP contribution in [0, 0.1) is 11.8 Å². The summed E-state index contributed by atoms with van der Waals surface area (Å²) in [7, 11) is 4.80. The highest BCUT2D eigenvalue weighted by Gasteiger charge is 2.43. The lowest BCUT2D eigenvalue weighted by Crippen LogP contribution is -2.54. The molecule has 82 heavy (non-hydrogen) atoms. The van der Waals surface area contributed by atoms with Crippen molar-refractivity contribution in [3.63, 3.8) is 0 Å². The maximum atomic E-state index is 15.3. The fraction of sp³-hybridized carbons (Fsp3) is 0.636. The van der Waals surface area contributed by atoms with Crippen molar-refractivity contribution in [2.75, 3.05) is 28.2 Å². The molecule has 0 unspecified atom stereocenters. The second kappa shape index (κ2) is 30.5. The van der Waals surface area contributed by atoms with E-state index < -0.39 is 163 Å². The molecular formula is C55H76F8N4O15. The molecule has 3 amide bonds. The number of carbonyl (C=O) groups is 8. The molecule has 0 aliphatic heterocycles. The van der Waals surface area contributed by atoms with Crippen molar-refractivity contribution < 1.29 is 107 Å². The highest BCUT2D eigenvalue weighted by molar-refractivity contribution is 5.93. The average Bonchev–Trinajstić information content (AvgIpc) is 3.42. The smallest absolute Gasteiger partial charge is 0.478 e. The van der Waals surface area contributed by atoms with Crippen LogP contribution in [-0.4, -0.2) is 168 Å². The number of ether oxygens (including phenoxy) is 6. The molecule has 27 heteroatoms. The van der Waals surface area contributed by atoms with Crippen LogP contribution in [0.4, 0.5) is 35.1 Å². The molecule has 2 N–H and O–H groups in total. The second-order valence-corrected chi connectivity index (χ2v) is 21.8. The Kier molecular flexibility index (Phi) is 26.5. The van der Waals surface area contributed by atoms with Gasteiger partial charge in [0.05, 0.1) is 0 Å². The number of rotatable bonds is 31. The summed E-state index contributed by atoms with van der Waals surface area (Å²) in [5.41, 5.74) is -4.01. The summed E-state index contributed by atoms with van der Waals surface area (Å²) in [6.45, 7) is 13.8. The summed E-state index contributed by atoms with van der Waals surface area (Å²) >= 11 is 0. The molecule has 0 spiro atoms. The summed E-state index contributed by atoms with van der Waals surface area (Å²) in [6, 6.07) is 2.05. The van der Waals surface area contributed by atoms with E-state index in [1.807, 2.05) is 13.8 Å². The summed E-state index contributed by atoms with van der Waals surface area (Å²) < 4.78 is 138. The number of carboxylic acid groups (broad SMARTS) is 1. The van der Waals surface area contributed by atoms with E-state index >= 15 is 8.78 Å². The van der Waals surface area contributed by atoms with Crippen LogP contribution in [0.3, 0.4) is 0 Å². The first kappa shape index (κ1) is 71.3. The molecule has 0 saturated carbocycles. The largest absolute Gasteiger partial charge is 0.573 e. The molecule has 2 aromatic rings. The van der Waals surface area contributed by atoms with Gasteiger partial charge in [0.25, 0.3) is 17.7 Å². The Morgan fingerprint density at radius 3 is 1.28 bits per heavy atom. The van der Waals surface area contributed by atoms with Gasteiger partial charge in [-0.1, -0.05) is 52.0 Å².